The third-order valence-corrected chi connectivity index (χ3v) is 2.92. The molecule has 0 radical (unpaired) electrons. The summed E-state index contributed by atoms with van der Waals surface area (Å²) < 4.78 is 2.80. The lowest BCUT2D eigenvalue weighted by Gasteiger charge is -2.06. The van der Waals surface area contributed by atoms with Gasteiger partial charge in [0.1, 0.15) is 4.64 Å². The standard InChI is InChI=1S/C13H16N2S/c1-4-11-8-13(16)15(14-11)12-6-9(2)5-10(3)7-12/h5-8,14H,4H2,1-3H3. The summed E-state index contributed by atoms with van der Waals surface area (Å²) in [4.78, 5) is 0. The van der Waals surface area contributed by atoms with E-state index in [2.05, 4.69) is 44.1 Å². The number of aromatic amines is 1. The third kappa shape index (κ3) is 2.09. The van der Waals surface area contributed by atoms with Crippen molar-refractivity contribution >= 4 is 12.2 Å². The summed E-state index contributed by atoms with van der Waals surface area (Å²) in [5.41, 5.74) is 4.79. The van der Waals surface area contributed by atoms with E-state index in [1.54, 1.807) is 0 Å². The van der Waals surface area contributed by atoms with Crippen LogP contribution in [0.15, 0.2) is 24.3 Å². The maximum Gasteiger partial charge on any atom is 0.127 e. The number of rotatable bonds is 2. The van der Waals surface area contributed by atoms with Gasteiger partial charge in [0.15, 0.2) is 0 Å². The van der Waals surface area contributed by atoms with Gasteiger partial charge in [-0.15, -0.1) is 0 Å². The summed E-state index contributed by atoms with van der Waals surface area (Å²) in [5, 5.41) is 3.31. The van der Waals surface area contributed by atoms with Gasteiger partial charge >= 0.3 is 0 Å². The molecule has 2 nitrogen and oxygen atoms in total. The van der Waals surface area contributed by atoms with E-state index in [4.69, 9.17) is 12.2 Å². The van der Waals surface area contributed by atoms with Crippen molar-refractivity contribution < 1.29 is 0 Å². The number of H-pyrrole nitrogens is 1. The largest absolute Gasteiger partial charge is 0.297 e. The van der Waals surface area contributed by atoms with Crippen LogP contribution in [0, 0.1) is 18.5 Å². The molecule has 2 aromatic rings. The van der Waals surface area contributed by atoms with Gasteiger partial charge in [-0.2, -0.15) is 0 Å². The summed E-state index contributed by atoms with van der Waals surface area (Å²) in [5.74, 6) is 0. The Bertz CT molecular complexity index is 543. The quantitative estimate of drug-likeness (QED) is 0.783. The van der Waals surface area contributed by atoms with Crippen LogP contribution < -0.4 is 0 Å². The van der Waals surface area contributed by atoms with Crippen LogP contribution in [0.4, 0.5) is 0 Å². The fourth-order valence-corrected chi connectivity index (χ4v) is 2.19. The van der Waals surface area contributed by atoms with Gasteiger partial charge in [-0.1, -0.05) is 25.2 Å². The van der Waals surface area contributed by atoms with E-state index in [0.29, 0.717) is 0 Å². The smallest absolute Gasteiger partial charge is 0.127 e. The Morgan fingerprint density at radius 3 is 2.25 bits per heavy atom. The Morgan fingerprint density at radius 2 is 1.75 bits per heavy atom. The molecule has 0 amide bonds. The highest BCUT2D eigenvalue weighted by atomic mass is 32.1. The zero-order chi connectivity index (χ0) is 11.7. The lowest BCUT2D eigenvalue weighted by atomic mass is 10.1. The SMILES string of the molecule is CCc1cc(=S)n(-c2cc(C)cc(C)c2)[nH]1. The second kappa shape index (κ2) is 4.26. The van der Waals surface area contributed by atoms with Crippen LogP contribution in [0.2, 0.25) is 0 Å². The van der Waals surface area contributed by atoms with E-state index in [0.717, 1.165) is 16.7 Å². The van der Waals surface area contributed by atoms with Gasteiger partial charge in [0.25, 0.3) is 0 Å². The summed E-state index contributed by atoms with van der Waals surface area (Å²) in [7, 11) is 0. The lowest BCUT2D eigenvalue weighted by Crippen LogP contribution is -1.98. The maximum atomic E-state index is 5.34. The van der Waals surface area contributed by atoms with Gasteiger partial charge in [-0.05, 0) is 49.6 Å². The highest BCUT2D eigenvalue weighted by molar-refractivity contribution is 7.71. The molecule has 0 aliphatic rings. The van der Waals surface area contributed by atoms with E-state index in [-0.39, 0.29) is 0 Å². The summed E-state index contributed by atoms with van der Waals surface area (Å²) in [6.07, 6.45) is 0.974. The van der Waals surface area contributed by atoms with Crippen LogP contribution in [-0.4, -0.2) is 9.78 Å². The molecule has 0 atom stereocenters. The Morgan fingerprint density at radius 1 is 1.12 bits per heavy atom. The zero-order valence-electron chi connectivity index (χ0n) is 9.87. The normalized spacial score (nSPS) is 10.7. The summed E-state index contributed by atoms with van der Waals surface area (Å²) in [6.45, 7) is 6.32. The first-order chi connectivity index (χ1) is 7.60. The minimum absolute atomic E-state index is 0.835. The maximum absolute atomic E-state index is 5.34. The van der Waals surface area contributed by atoms with Gasteiger partial charge in [0, 0.05) is 5.69 Å². The van der Waals surface area contributed by atoms with Crippen LogP contribution >= 0.6 is 12.2 Å². The van der Waals surface area contributed by atoms with Gasteiger partial charge in [-0.25, -0.2) is 4.68 Å². The van der Waals surface area contributed by atoms with E-state index < -0.39 is 0 Å². The molecular weight excluding hydrogens is 216 g/mol. The highest BCUT2D eigenvalue weighted by Crippen LogP contribution is 2.14. The molecule has 0 bridgehead atoms. The molecule has 84 valence electrons. The molecule has 0 saturated heterocycles. The molecule has 0 spiro atoms. The first-order valence-electron chi connectivity index (χ1n) is 5.50. The Hall–Kier alpha value is -1.35. The number of aromatic nitrogens is 2. The molecule has 0 aliphatic heterocycles. The molecule has 0 aliphatic carbocycles. The molecule has 2 rings (SSSR count). The van der Waals surface area contributed by atoms with E-state index >= 15 is 0 Å². The minimum Gasteiger partial charge on any atom is -0.297 e. The van der Waals surface area contributed by atoms with Crippen molar-refractivity contribution in [3.05, 3.63) is 45.7 Å². The molecular formula is C13H16N2S. The monoisotopic (exact) mass is 232 g/mol. The van der Waals surface area contributed by atoms with E-state index in [1.165, 1.54) is 16.8 Å². The van der Waals surface area contributed by atoms with Crippen LogP contribution in [0.1, 0.15) is 23.7 Å². The van der Waals surface area contributed by atoms with Gasteiger partial charge in [-0.3, -0.25) is 5.10 Å². The highest BCUT2D eigenvalue weighted by Gasteiger charge is 2.02. The van der Waals surface area contributed by atoms with Crippen molar-refractivity contribution in [2.75, 3.05) is 0 Å². The molecule has 1 N–H and O–H groups in total. The van der Waals surface area contributed by atoms with Crippen LogP contribution in [-0.2, 0) is 6.42 Å². The third-order valence-electron chi connectivity index (χ3n) is 2.62. The number of aryl methyl sites for hydroxylation is 3. The molecule has 1 aromatic carbocycles. The average molecular weight is 232 g/mol. The molecule has 1 heterocycles. The second-order valence-electron chi connectivity index (χ2n) is 4.15. The summed E-state index contributed by atoms with van der Waals surface area (Å²) in [6, 6.07) is 8.46. The van der Waals surface area contributed by atoms with Crippen LogP contribution in [0.5, 0.6) is 0 Å². The van der Waals surface area contributed by atoms with Gasteiger partial charge < -0.3 is 0 Å². The Balaban J connectivity index is 2.57. The predicted octanol–water partition coefficient (Wildman–Crippen LogP) is 3.71. The van der Waals surface area contributed by atoms with Crippen molar-refractivity contribution in [1.29, 1.82) is 0 Å². The number of nitrogens with zero attached hydrogens (tertiary/aromatic N) is 1. The Labute approximate surface area is 101 Å². The van der Waals surface area contributed by atoms with Crippen molar-refractivity contribution in [2.45, 2.75) is 27.2 Å². The number of nitrogens with one attached hydrogen (secondary N) is 1. The number of hydrogen-bond acceptors (Lipinski definition) is 1. The van der Waals surface area contributed by atoms with Crippen molar-refractivity contribution in [2.24, 2.45) is 0 Å². The molecule has 0 saturated carbocycles. The molecule has 0 unspecified atom stereocenters. The van der Waals surface area contributed by atoms with Gasteiger partial charge in [0.2, 0.25) is 0 Å². The lowest BCUT2D eigenvalue weighted by molar-refractivity contribution is 0.831. The Kier molecular flexibility index (Phi) is 2.97. The molecule has 16 heavy (non-hydrogen) atoms. The topological polar surface area (TPSA) is 20.7 Å². The zero-order valence-corrected chi connectivity index (χ0v) is 10.7. The van der Waals surface area contributed by atoms with E-state index in [9.17, 15) is 0 Å². The fourth-order valence-electron chi connectivity index (χ4n) is 1.90. The van der Waals surface area contributed by atoms with Crippen molar-refractivity contribution in [1.82, 2.24) is 9.78 Å². The number of hydrogen-bond donors (Lipinski definition) is 1. The molecule has 0 fully saturated rings. The predicted molar refractivity (Wildman–Crippen MR) is 69.8 cm³/mol. The fraction of sp³-hybridized carbons (Fsp3) is 0.308. The van der Waals surface area contributed by atoms with Crippen LogP contribution in [0.25, 0.3) is 5.69 Å². The first-order valence-corrected chi connectivity index (χ1v) is 5.90. The average Bonchev–Trinajstić information content (AvgIpc) is 2.58. The van der Waals surface area contributed by atoms with Gasteiger partial charge in [0.05, 0.1) is 5.69 Å². The van der Waals surface area contributed by atoms with Crippen molar-refractivity contribution in [3.8, 4) is 5.69 Å². The molecule has 1 aromatic heterocycles. The summed E-state index contributed by atoms with van der Waals surface area (Å²) >= 11 is 5.34. The van der Waals surface area contributed by atoms with E-state index in [1.807, 2.05) is 10.7 Å². The minimum atomic E-state index is 0.835. The molecule has 3 heteroatoms. The van der Waals surface area contributed by atoms with Crippen LogP contribution in [0.3, 0.4) is 0 Å². The van der Waals surface area contributed by atoms with Crippen molar-refractivity contribution in [3.63, 3.8) is 0 Å². The first kappa shape index (κ1) is 11.1. The second-order valence-corrected chi connectivity index (χ2v) is 4.57. The number of benzene rings is 1.